The first-order chi connectivity index (χ1) is 10.4. The summed E-state index contributed by atoms with van der Waals surface area (Å²) < 4.78 is 0. The Hall–Kier alpha value is -1.99. The number of rotatable bonds is 0. The van der Waals surface area contributed by atoms with Crippen molar-refractivity contribution < 1.29 is 14.4 Å². The summed E-state index contributed by atoms with van der Waals surface area (Å²) in [5.74, 6) is 0.225. The SMILES string of the molecule is C1CCCCC1.NC(N)=O.NC(N)=O.O=C1CCCCCN1. The van der Waals surface area contributed by atoms with Crippen molar-refractivity contribution in [2.24, 2.45) is 22.9 Å². The minimum atomic E-state index is -0.833. The molecule has 1 aliphatic heterocycles. The van der Waals surface area contributed by atoms with E-state index in [-0.39, 0.29) is 5.91 Å². The lowest BCUT2D eigenvalue weighted by Crippen LogP contribution is -2.21. The molecule has 0 radical (unpaired) electrons. The predicted octanol–water partition coefficient (Wildman–Crippen LogP) is 1.06. The maximum Gasteiger partial charge on any atom is 0.309 e. The van der Waals surface area contributed by atoms with Gasteiger partial charge in [0.05, 0.1) is 0 Å². The molecule has 1 aliphatic carbocycles. The van der Waals surface area contributed by atoms with Crippen molar-refractivity contribution in [2.45, 2.75) is 64.2 Å². The molecule has 22 heavy (non-hydrogen) atoms. The van der Waals surface area contributed by atoms with E-state index in [1.165, 1.54) is 44.9 Å². The van der Waals surface area contributed by atoms with Crippen LogP contribution in [0.4, 0.5) is 9.59 Å². The van der Waals surface area contributed by atoms with Crippen molar-refractivity contribution in [3.05, 3.63) is 0 Å². The van der Waals surface area contributed by atoms with E-state index in [2.05, 4.69) is 28.3 Å². The Morgan fingerprint density at radius 3 is 1.36 bits per heavy atom. The van der Waals surface area contributed by atoms with Crippen LogP contribution in [-0.4, -0.2) is 24.5 Å². The van der Waals surface area contributed by atoms with Gasteiger partial charge in [0, 0.05) is 13.0 Å². The Labute approximate surface area is 132 Å². The van der Waals surface area contributed by atoms with E-state index in [9.17, 15) is 4.79 Å². The summed E-state index contributed by atoms with van der Waals surface area (Å²) in [5, 5.41) is 2.81. The van der Waals surface area contributed by atoms with Crippen molar-refractivity contribution in [3.63, 3.8) is 0 Å². The third kappa shape index (κ3) is 30.8. The minimum absolute atomic E-state index is 0.225. The molecule has 5 amide bonds. The molecule has 8 heteroatoms. The molecule has 0 aromatic heterocycles. The maximum absolute atomic E-state index is 10.6. The van der Waals surface area contributed by atoms with E-state index in [0.29, 0.717) is 0 Å². The van der Waals surface area contributed by atoms with Crippen LogP contribution in [0.5, 0.6) is 0 Å². The van der Waals surface area contributed by atoms with Gasteiger partial charge in [-0.15, -0.1) is 0 Å². The second-order valence-corrected chi connectivity index (χ2v) is 5.09. The topological polar surface area (TPSA) is 167 Å². The molecule has 2 aliphatic rings. The average Bonchev–Trinajstić information content (AvgIpc) is 2.68. The number of hydrogen-bond acceptors (Lipinski definition) is 3. The lowest BCUT2D eigenvalue weighted by Gasteiger charge is -2.05. The highest BCUT2D eigenvalue weighted by molar-refractivity contribution is 5.75. The minimum Gasteiger partial charge on any atom is -0.356 e. The first kappa shape index (κ1) is 22.3. The van der Waals surface area contributed by atoms with Crippen LogP contribution >= 0.6 is 0 Å². The van der Waals surface area contributed by atoms with Crippen molar-refractivity contribution in [1.82, 2.24) is 5.32 Å². The van der Waals surface area contributed by atoms with Crippen LogP contribution in [0.1, 0.15) is 64.2 Å². The monoisotopic (exact) mass is 317 g/mol. The maximum atomic E-state index is 10.6. The van der Waals surface area contributed by atoms with E-state index in [0.717, 1.165) is 25.8 Å². The molecular weight excluding hydrogens is 286 g/mol. The summed E-state index contributed by atoms with van der Waals surface area (Å²) in [4.78, 5) is 28.6. The largest absolute Gasteiger partial charge is 0.356 e. The van der Waals surface area contributed by atoms with Gasteiger partial charge in [0.2, 0.25) is 5.91 Å². The van der Waals surface area contributed by atoms with Crippen molar-refractivity contribution in [1.29, 1.82) is 0 Å². The fourth-order valence-corrected chi connectivity index (χ4v) is 1.96. The molecule has 1 heterocycles. The first-order valence-electron chi connectivity index (χ1n) is 7.72. The van der Waals surface area contributed by atoms with Crippen LogP contribution in [0, 0.1) is 0 Å². The summed E-state index contributed by atoms with van der Waals surface area (Å²) >= 11 is 0. The van der Waals surface area contributed by atoms with Crippen molar-refractivity contribution in [3.8, 4) is 0 Å². The lowest BCUT2D eigenvalue weighted by atomic mass is 10.0. The number of nitrogens with two attached hydrogens (primary N) is 4. The summed E-state index contributed by atoms with van der Waals surface area (Å²) in [6, 6.07) is -1.67. The highest BCUT2D eigenvalue weighted by Crippen LogP contribution is 2.15. The summed E-state index contributed by atoms with van der Waals surface area (Å²) in [6.45, 7) is 0.888. The molecule has 2 rings (SSSR count). The van der Waals surface area contributed by atoms with Gasteiger partial charge in [0.1, 0.15) is 0 Å². The number of primary amides is 4. The molecule has 1 saturated carbocycles. The number of carbonyl (C=O) groups is 3. The third-order valence-electron chi connectivity index (χ3n) is 2.90. The zero-order valence-electron chi connectivity index (χ0n) is 13.3. The van der Waals surface area contributed by atoms with Crippen LogP contribution < -0.4 is 28.3 Å². The standard InChI is InChI=1S/C6H11NO.C6H12.2CH4N2O/c8-6-4-2-1-3-5-7-6;1-2-4-6-5-3-1;2*2-1(3)4/h1-5H2,(H,7,8);1-6H2;2*(H4,2,3,4). The Bertz CT molecular complexity index is 265. The second kappa shape index (κ2) is 17.1. The van der Waals surface area contributed by atoms with Gasteiger partial charge in [-0.2, -0.15) is 0 Å². The summed E-state index contributed by atoms with van der Waals surface area (Å²) in [5.41, 5.74) is 17.0. The molecule has 130 valence electrons. The van der Waals surface area contributed by atoms with Crippen LogP contribution in [0.15, 0.2) is 0 Å². The third-order valence-corrected chi connectivity index (χ3v) is 2.90. The van der Waals surface area contributed by atoms with Gasteiger partial charge in [-0.05, 0) is 12.8 Å². The Morgan fingerprint density at radius 1 is 0.682 bits per heavy atom. The highest BCUT2D eigenvalue weighted by atomic mass is 16.2. The molecule has 2 fully saturated rings. The summed E-state index contributed by atoms with van der Waals surface area (Å²) in [7, 11) is 0. The quantitative estimate of drug-likeness (QED) is 0.451. The fourth-order valence-electron chi connectivity index (χ4n) is 1.96. The van der Waals surface area contributed by atoms with Crippen LogP contribution in [0.2, 0.25) is 0 Å². The molecule has 0 spiro atoms. The Balaban J connectivity index is 0. The molecule has 0 unspecified atom stereocenters. The van der Waals surface area contributed by atoms with Crippen LogP contribution in [0.25, 0.3) is 0 Å². The average molecular weight is 317 g/mol. The van der Waals surface area contributed by atoms with Crippen molar-refractivity contribution >= 4 is 18.0 Å². The van der Waals surface area contributed by atoms with Crippen LogP contribution in [-0.2, 0) is 4.79 Å². The number of urea groups is 2. The smallest absolute Gasteiger partial charge is 0.309 e. The van der Waals surface area contributed by atoms with Gasteiger partial charge >= 0.3 is 12.1 Å². The Morgan fingerprint density at radius 2 is 1.00 bits per heavy atom. The molecule has 9 N–H and O–H groups in total. The number of amides is 5. The number of hydrogen-bond donors (Lipinski definition) is 5. The Kier molecular flexibility index (Phi) is 17.3. The van der Waals surface area contributed by atoms with Gasteiger partial charge in [-0.1, -0.05) is 44.9 Å². The van der Waals surface area contributed by atoms with Gasteiger partial charge in [0.25, 0.3) is 0 Å². The number of nitrogens with one attached hydrogen (secondary N) is 1. The first-order valence-corrected chi connectivity index (χ1v) is 7.72. The molecule has 0 bridgehead atoms. The molecular formula is C14H31N5O3. The molecule has 0 atom stereocenters. The van der Waals surface area contributed by atoms with Gasteiger partial charge in [0.15, 0.2) is 0 Å². The lowest BCUT2D eigenvalue weighted by molar-refractivity contribution is -0.120. The molecule has 0 aromatic carbocycles. The fraction of sp³-hybridized carbons (Fsp3) is 0.786. The van der Waals surface area contributed by atoms with Gasteiger partial charge < -0.3 is 28.3 Å². The summed E-state index contributed by atoms with van der Waals surface area (Å²) in [6.07, 6.45) is 13.2. The van der Waals surface area contributed by atoms with E-state index in [1.807, 2.05) is 0 Å². The van der Waals surface area contributed by atoms with E-state index >= 15 is 0 Å². The van der Waals surface area contributed by atoms with Crippen LogP contribution in [0.3, 0.4) is 0 Å². The predicted molar refractivity (Wildman–Crippen MR) is 86.7 cm³/mol. The highest BCUT2D eigenvalue weighted by Gasteiger charge is 2.03. The molecule has 8 nitrogen and oxygen atoms in total. The second-order valence-electron chi connectivity index (χ2n) is 5.09. The zero-order valence-corrected chi connectivity index (χ0v) is 13.3. The normalized spacial score (nSPS) is 16.6. The van der Waals surface area contributed by atoms with E-state index in [4.69, 9.17) is 9.59 Å². The van der Waals surface area contributed by atoms with E-state index in [1.54, 1.807) is 0 Å². The number of carbonyl (C=O) groups excluding carboxylic acids is 3. The zero-order chi connectivity index (χ0) is 17.2. The van der Waals surface area contributed by atoms with E-state index < -0.39 is 12.1 Å². The van der Waals surface area contributed by atoms with Crippen molar-refractivity contribution in [2.75, 3.05) is 6.54 Å². The van der Waals surface area contributed by atoms with Gasteiger partial charge in [-0.3, -0.25) is 4.79 Å². The molecule has 1 saturated heterocycles. The molecule has 0 aromatic rings. The van der Waals surface area contributed by atoms with Gasteiger partial charge in [-0.25, -0.2) is 9.59 Å².